The number of rotatable bonds is 7. The van der Waals surface area contributed by atoms with Crippen LogP contribution < -0.4 is 11.1 Å². The molecule has 1 amide bonds. The van der Waals surface area contributed by atoms with Gasteiger partial charge in [0.25, 0.3) is 0 Å². The van der Waals surface area contributed by atoms with E-state index in [2.05, 4.69) is 10.4 Å². The molecule has 0 aliphatic rings. The molecule has 5 nitrogen and oxygen atoms in total. The van der Waals surface area contributed by atoms with E-state index in [9.17, 15) is 4.79 Å². The summed E-state index contributed by atoms with van der Waals surface area (Å²) in [5.41, 5.74) is 7.71. The van der Waals surface area contributed by atoms with Crippen molar-refractivity contribution in [1.29, 1.82) is 0 Å². The number of nitrogens with two attached hydrogens (primary N) is 1. The molecule has 6 heteroatoms. The van der Waals surface area contributed by atoms with Crippen molar-refractivity contribution < 1.29 is 4.79 Å². The maximum atomic E-state index is 12.0. The highest BCUT2D eigenvalue weighted by Gasteiger charge is 2.13. The first-order valence-electron chi connectivity index (χ1n) is 6.81. The normalized spacial score (nSPS) is 12.1. The molecule has 2 aromatic rings. The van der Waals surface area contributed by atoms with Crippen molar-refractivity contribution in [2.45, 2.75) is 19.0 Å². The monoisotopic (exact) mass is 304 g/mol. The van der Waals surface area contributed by atoms with Crippen molar-refractivity contribution in [3.63, 3.8) is 0 Å². The van der Waals surface area contributed by atoms with Gasteiger partial charge < -0.3 is 11.1 Å². The van der Waals surface area contributed by atoms with Gasteiger partial charge >= 0.3 is 0 Å². The summed E-state index contributed by atoms with van der Waals surface area (Å²) in [4.78, 5) is 12.0. The number of hydrogen-bond acceptors (Lipinski definition) is 4. The predicted molar refractivity (Wildman–Crippen MR) is 87.4 cm³/mol. The van der Waals surface area contributed by atoms with Gasteiger partial charge in [-0.25, -0.2) is 0 Å². The summed E-state index contributed by atoms with van der Waals surface area (Å²) in [6.07, 6.45) is 6.34. The van der Waals surface area contributed by atoms with Gasteiger partial charge in [-0.3, -0.25) is 9.48 Å². The Bertz CT molecular complexity index is 571. The average molecular weight is 304 g/mol. The molecule has 1 heterocycles. The Hall–Kier alpha value is -1.79. The van der Waals surface area contributed by atoms with Gasteiger partial charge in [-0.1, -0.05) is 12.1 Å². The van der Waals surface area contributed by atoms with Crippen LogP contribution in [0.1, 0.15) is 12.0 Å². The molecule has 0 aliphatic heterocycles. The van der Waals surface area contributed by atoms with Crippen LogP contribution in [0.3, 0.4) is 0 Å². The van der Waals surface area contributed by atoms with Crippen LogP contribution in [0.5, 0.6) is 0 Å². The fraction of sp³-hybridized carbons (Fsp3) is 0.333. The molecule has 0 saturated carbocycles. The van der Waals surface area contributed by atoms with E-state index in [0.717, 1.165) is 17.0 Å². The highest BCUT2D eigenvalue weighted by Crippen LogP contribution is 2.12. The van der Waals surface area contributed by atoms with Gasteiger partial charge in [0, 0.05) is 18.1 Å². The van der Waals surface area contributed by atoms with E-state index >= 15 is 0 Å². The smallest absolute Gasteiger partial charge is 0.241 e. The Morgan fingerprint density at radius 3 is 3.05 bits per heavy atom. The maximum Gasteiger partial charge on any atom is 0.241 e. The number of aromatic nitrogens is 2. The van der Waals surface area contributed by atoms with E-state index in [1.165, 1.54) is 0 Å². The van der Waals surface area contributed by atoms with Crippen LogP contribution in [-0.2, 0) is 11.3 Å². The minimum Gasteiger partial charge on any atom is -0.325 e. The van der Waals surface area contributed by atoms with Crippen LogP contribution >= 0.6 is 11.8 Å². The van der Waals surface area contributed by atoms with Crippen LogP contribution in [0.25, 0.3) is 0 Å². The van der Waals surface area contributed by atoms with Gasteiger partial charge in [0.15, 0.2) is 0 Å². The molecular weight excluding hydrogens is 284 g/mol. The van der Waals surface area contributed by atoms with Crippen LogP contribution in [0.15, 0.2) is 42.7 Å². The van der Waals surface area contributed by atoms with Gasteiger partial charge in [0.2, 0.25) is 5.91 Å². The van der Waals surface area contributed by atoms with E-state index in [1.54, 1.807) is 18.0 Å². The first kappa shape index (κ1) is 15.6. The SMILES string of the molecule is CSCC[C@@H](N)C(=O)Nc1cccc(Cn2cccn2)c1. The van der Waals surface area contributed by atoms with Crippen molar-refractivity contribution in [2.24, 2.45) is 5.73 Å². The molecule has 0 saturated heterocycles. The molecule has 0 spiro atoms. The van der Waals surface area contributed by atoms with E-state index in [0.29, 0.717) is 13.0 Å². The molecule has 0 fully saturated rings. The second kappa shape index (κ2) is 7.85. The molecule has 1 aromatic carbocycles. The number of nitrogens with one attached hydrogen (secondary N) is 1. The predicted octanol–water partition coefficient (Wildman–Crippen LogP) is 1.95. The Kier molecular flexibility index (Phi) is 5.83. The van der Waals surface area contributed by atoms with Gasteiger partial charge in [-0.15, -0.1) is 0 Å². The zero-order chi connectivity index (χ0) is 15.1. The number of amides is 1. The number of benzene rings is 1. The average Bonchev–Trinajstić information content (AvgIpc) is 2.98. The molecule has 1 aromatic heterocycles. The number of nitrogens with zero attached hydrogens (tertiary/aromatic N) is 2. The molecule has 3 N–H and O–H groups in total. The molecule has 0 aliphatic carbocycles. The summed E-state index contributed by atoms with van der Waals surface area (Å²) in [6, 6.07) is 9.16. The number of thioether (sulfide) groups is 1. The number of carbonyl (C=O) groups is 1. The Labute approximate surface area is 128 Å². The lowest BCUT2D eigenvalue weighted by molar-refractivity contribution is -0.117. The van der Waals surface area contributed by atoms with E-state index in [1.807, 2.05) is 47.5 Å². The highest BCUT2D eigenvalue weighted by molar-refractivity contribution is 7.98. The lowest BCUT2D eigenvalue weighted by Gasteiger charge is -2.12. The first-order valence-corrected chi connectivity index (χ1v) is 8.20. The van der Waals surface area contributed by atoms with Gasteiger partial charge in [-0.05, 0) is 42.2 Å². The molecule has 0 bridgehead atoms. The van der Waals surface area contributed by atoms with Gasteiger partial charge in [0.05, 0.1) is 12.6 Å². The third-order valence-corrected chi connectivity index (χ3v) is 3.71. The van der Waals surface area contributed by atoms with Crippen LogP contribution in [0, 0.1) is 0 Å². The van der Waals surface area contributed by atoms with E-state index < -0.39 is 6.04 Å². The quantitative estimate of drug-likeness (QED) is 0.820. The van der Waals surface area contributed by atoms with Gasteiger partial charge in [-0.2, -0.15) is 16.9 Å². The lowest BCUT2D eigenvalue weighted by Crippen LogP contribution is -2.36. The standard InChI is InChI=1S/C15H20N4OS/c1-21-9-6-14(16)15(20)18-13-5-2-4-12(10-13)11-19-8-3-7-17-19/h2-5,7-8,10,14H,6,9,11,16H2,1H3,(H,18,20)/t14-/m1/s1. The Morgan fingerprint density at radius 1 is 1.48 bits per heavy atom. The molecule has 0 radical (unpaired) electrons. The summed E-state index contributed by atoms with van der Waals surface area (Å²) < 4.78 is 1.84. The minimum absolute atomic E-state index is 0.139. The summed E-state index contributed by atoms with van der Waals surface area (Å²) in [6.45, 7) is 0.676. The van der Waals surface area contributed by atoms with Crippen LogP contribution in [-0.4, -0.2) is 33.7 Å². The number of anilines is 1. The van der Waals surface area contributed by atoms with Crippen molar-refractivity contribution in [3.05, 3.63) is 48.3 Å². The van der Waals surface area contributed by atoms with E-state index in [4.69, 9.17) is 5.73 Å². The minimum atomic E-state index is -0.466. The summed E-state index contributed by atoms with van der Waals surface area (Å²) in [5.74, 6) is 0.744. The number of carbonyl (C=O) groups excluding carboxylic acids is 1. The van der Waals surface area contributed by atoms with Crippen molar-refractivity contribution in [3.8, 4) is 0 Å². The first-order chi connectivity index (χ1) is 10.2. The summed E-state index contributed by atoms with van der Waals surface area (Å²) in [5, 5.41) is 7.04. The van der Waals surface area contributed by atoms with Crippen molar-refractivity contribution in [2.75, 3.05) is 17.3 Å². The molecule has 1 atom stereocenters. The third kappa shape index (κ3) is 4.91. The molecule has 2 rings (SSSR count). The van der Waals surface area contributed by atoms with Crippen molar-refractivity contribution in [1.82, 2.24) is 9.78 Å². The number of hydrogen-bond donors (Lipinski definition) is 2. The fourth-order valence-electron chi connectivity index (χ4n) is 1.94. The molecule has 0 unspecified atom stereocenters. The largest absolute Gasteiger partial charge is 0.325 e. The topological polar surface area (TPSA) is 72.9 Å². The maximum absolute atomic E-state index is 12.0. The summed E-state index contributed by atoms with van der Waals surface area (Å²) in [7, 11) is 0. The second-order valence-electron chi connectivity index (χ2n) is 4.78. The summed E-state index contributed by atoms with van der Waals surface area (Å²) >= 11 is 1.69. The molecular formula is C15H20N4OS. The Morgan fingerprint density at radius 2 is 2.33 bits per heavy atom. The lowest BCUT2D eigenvalue weighted by atomic mass is 10.2. The highest BCUT2D eigenvalue weighted by atomic mass is 32.2. The van der Waals surface area contributed by atoms with Crippen LogP contribution in [0.4, 0.5) is 5.69 Å². The van der Waals surface area contributed by atoms with Gasteiger partial charge in [0.1, 0.15) is 0 Å². The zero-order valence-electron chi connectivity index (χ0n) is 12.0. The second-order valence-corrected chi connectivity index (χ2v) is 5.77. The zero-order valence-corrected chi connectivity index (χ0v) is 12.8. The third-order valence-electron chi connectivity index (χ3n) is 3.07. The fourth-order valence-corrected chi connectivity index (χ4v) is 2.43. The Balaban J connectivity index is 1.96. The van der Waals surface area contributed by atoms with Crippen LogP contribution in [0.2, 0.25) is 0 Å². The molecule has 21 heavy (non-hydrogen) atoms. The van der Waals surface area contributed by atoms with Crippen molar-refractivity contribution >= 4 is 23.4 Å². The molecule has 112 valence electrons. The van der Waals surface area contributed by atoms with E-state index in [-0.39, 0.29) is 5.91 Å².